The monoisotopic (exact) mass is 398 g/mol. The summed E-state index contributed by atoms with van der Waals surface area (Å²) >= 11 is 0. The van der Waals surface area contributed by atoms with Crippen molar-refractivity contribution in [3.8, 4) is 22.6 Å². The van der Waals surface area contributed by atoms with Crippen LogP contribution in [0.5, 0.6) is 11.5 Å². The molecule has 4 aromatic rings. The number of benzene rings is 3. The molecular formula is C25H22N2O3. The van der Waals surface area contributed by atoms with Gasteiger partial charge in [0, 0.05) is 29.3 Å². The summed E-state index contributed by atoms with van der Waals surface area (Å²) < 4.78 is 0. The number of carbonyl (C=O) groups excluding carboxylic acids is 1. The zero-order chi connectivity index (χ0) is 20.9. The van der Waals surface area contributed by atoms with Crippen molar-refractivity contribution < 1.29 is 15.0 Å². The van der Waals surface area contributed by atoms with Crippen molar-refractivity contribution in [3.63, 3.8) is 0 Å². The molecule has 0 unspecified atom stereocenters. The van der Waals surface area contributed by atoms with Crippen LogP contribution in [-0.2, 0) is 6.42 Å². The number of aryl methyl sites for hydroxylation is 1. The maximum absolute atomic E-state index is 12.4. The Kier molecular flexibility index (Phi) is 5.61. The summed E-state index contributed by atoms with van der Waals surface area (Å²) in [6, 6.07) is 22.0. The van der Waals surface area contributed by atoms with Crippen LogP contribution in [0.4, 0.5) is 0 Å². The number of nitrogens with one attached hydrogen (secondary N) is 1. The van der Waals surface area contributed by atoms with E-state index in [-0.39, 0.29) is 17.4 Å². The predicted molar refractivity (Wildman–Crippen MR) is 118 cm³/mol. The van der Waals surface area contributed by atoms with E-state index >= 15 is 0 Å². The molecule has 3 N–H and O–H groups in total. The molecule has 0 aliphatic carbocycles. The van der Waals surface area contributed by atoms with E-state index in [2.05, 4.69) is 22.4 Å². The van der Waals surface area contributed by atoms with Crippen LogP contribution < -0.4 is 5.32 Å². The molecule has 0 atom stereocenters. The minimum Gasteiger partial charge on any atom is -0.507 e. The molecule has 3 aromatic carbocycles. The topological polar surface area (TPSA) is 82.5 Å². The highest BCUT2D eigenvalue weighted by molar-refractivity contribution is 5.96. The number of nitrogens with zero attached hydrogens (tertiary/aromatic N) is 1. The summed E-state index contributed by atoms with van der Waals surface area (Å²) in [5.74, 6) is -0.201. The van der Waals surface area contributed by atoms with Gasteiger partial charge in [-0.3, -0.25) is 9.78 Å². The van der Waals surface area contributed by atoms with Crippen molar-refractivity contribution in [2.45, 2.75) is 12.8 Å². The standard InChI is InChI=1S/C25H22N2O3/c28-22-15-19(25(30)27-13-4-8-17-6-2-1-3-7-17)10-11-21(22)20-14-18-9-5-12-26-24(18)23(29)16-20/h1-3,5-7,9-12,14-16,28-29H,4,8,13H2,(H,27,30). The zero-order valence-corrected chi connectivity index (χ0v) is 16.4. The SMILES string of the molecule is O=C(NCCCc1ccccc1)c1ccc(-c2cc(O)c3ncccc3c2)c(O)c1. The largest absolute Gasteiger partial charge is 0.507 e. The molecular weight excluding hydrogens is 376 g/mol. The number of aromatic hydroxyl groups is 2. The first-order chi connectivity index (χ1) is 14.6. The third-order valence-electron chi connectivity index (χ3n) is 5.03. The molecule has 150 valence electrons. The van der Waals surface area contributed by atoms with Crippen LogP contribution in [0.25, 0.3) is 22.0 Å². The van der Waals surface area contributed by atoms with Crippen molar-refractivity contribution in [1.29, 1.82) is 0 Å². The van der Waals surface area contributed by atoms with Crippen LogP contribution in [0.1, 0.15) is 22.3 Å². The van der Waals surface area contributed by atoms with E-state index < -0.39 is 0 Å². The number of hydrogen-bond donors (Lipinski definition) is 3. The fourth-order valence-corrected chi connectivity index (χ4v) is 3.49. The van der Waals surface area contributed by atoms with Crippen molar-refractivity contribution >= 4 is 16.8 Å². The number of carbonyl (C=O) groups is 1. The van der Waals surface area contributed by atoms with Gasteiger partial charge in [0.25, 0.3) is 5.91 Å². The minimum atomic E-state index is -0.226. The van der Waals surface area contributed by atoms with E-state index in [1.54, 1.807) is 30.5 Å². The summed E-state index contributed by atoms with van der Waals surface area (Å²) in [6.45, 7) is 0.557. The lowest BCUT2D eigenvalue weighted by molar-refractivity contribution is 0.0953. The molecule has 0 aliphatic heterocycles. The maximum Gasteiger partial charge on any atom is 0.251 e. The fraction of sp³-hybridized carbons (Fsp3) is 0.120. The zero-order valence-electron chi connectivity index (χ0n) is 16.4. The average Bonchev–Trinajstić information content (AvgIpc) is 2.77. The number of rotatable bonds is 6. The van der Waals surface area contributed by atoms with Gasteiger partial charge in [0.2, 0.25) is 0 Å². The van der Waals surface area contributed by atoms with E-state index in [1.165, 1.54) is 11.6 Å². The second kappa shape index (κ2) is 8.66. The van der Waals surface area contributed by atoms with E-state index in [0.29, 0.717) is 28.8 Å². The second-order valence-electron chi connectivity index (χ2n) is 7.15. The molecule has 30 heavy (non-hydrogen) atoms. The lowest BCUT2D eigenvalue weighted by Gasteiger charge is -2.10. The van der Waals surface area contributed by atoms with Crippen LogP contribution in [0, 0.1) is 0 Å². The third kappa shape index (κ3) is 4.25. The summed E-state index contributed by atoms with van der Waals surface area (Å²) in [5, 5.41) is 24.4. The van der Waals surface area contributed by atoms with Gasteiger partial charge < -0.3 is 15.5 Å². The van der Waals surface area contributed by atoms with E-state index in [1.807, 2.05) is 30.3 Å². The number of fused-ring (bicyclic) bond motifs is 1. The Hall–Kier alpha value is -3.86. The lowest BCUT2D eigenvalue weighted by atomic mass is 10.00. The van der Waals surface area contributed by atoms with E-state index in [4.69, 9.17) is 0 Å². The number of amides is 1. The van der Waals surface area contributed by atoms with Crippen LogP contribution in [0.3, 0.4) is 0 Å². The van der Waals surface area contributed by atoms with E-state index in [0.717, 1.165) is 18.2 Å². The molecule has 4 rings (SSSR count). The van der Waals surface area contributed by atoms with Crippen LogP contribution in [-0.4, -0.2) is 27.6 Å². The molecule has 1 aromatic heterocycles. The lowest BCUT2D eigenvalue weighted by Crippen LogP contribution is -2.24. The number of phenolic OH excluding ortho intramolecular Hbond substituents is 2. The Bertz CT molecular complexity index is 1190. The Morgan fingerprint density at radius 3 is 2.53 bits per heavy atom. The highest BCUT2D eigenvalue weighted by atomic mass is 16.3. The van der Waals surface area contributed by atoms with Crippen molar-refractivity contribution in [2.24, 2.45) is 0 Å². The summed E-state index contributed by atoms with van der Waals surface area (Å²) in [4.78, 5) is 16.6. The molecule has 0 fully saturated rings. The molecule has 0 saturated heterocycles. The van der Waals surface area contributed by atoms with Crippen LogP contribution in [0.2, 0.25) is 0 Å². The smallest absolute Gasteiger partial charge is 0.251 e. The van der Waals surface area contributed by atoms with Crippen molar-refractivity contribution in [2.75, 3.05) is 6.54 Å². The van der Waals surface area contributed by atoms with Gasteiger partial charge in [-0.05, 0) is 60.4 Å². The van der Waals surface area contributed by atoms with Gasteiger partial charge in [0.15, 0.2) is 0 Å². The molecule has 0 bridgehead atoms. The van der Waals surface area contributed by atoms with Crippen molar-refractivity contribution in [3.05, 3.63) is 90.1 Å². The maximum atomic E-state index is 12.4. The Morgan fingerprint density at radius 2 is 1.73 bits per heavy atom. The van der Waals surface area contributed by atoms with Crippen LogP contribution >= 0.6 is 0 Å². The Balaban J connectivity index is 1.44. The van der Waals surface area contributed by atoms with Gasteiger partial charge in [-0.25, -0.2) is 0 Å². The fourth-order valence-electron chi connectivity index (χ4n) is 3.49. The number of pyridine rings is 1. The summed E-state index contributed by atoms with van der Waals surface area (Å²) in [6.07, 6.45) is 3.35. The number of phenols is 2. The molecule has 1 amide bonds. The first-order valence-corrected chi connectivity index (χ1v) is 9.85. The molecule has 5 nitrogen and oxygen atoms in total. The molecule has 0 radical (unpaired) electrons. The van der Waals surface area contributed by atoms with E-state index in [9.17, 15) is 15.0 Å². The van der Waals surface area contributed by atoms with Gasteiger partial charge in [0.1, 0.15) is 17.0 Å². The van der Waals surface area contributed by atoms with Gasteiger partial charge in [-0.15, -0.1) is 0 Å². The molecule has 0 saturated carbocycles. The molecule has 1 heterocycles. The Morgan fingerprint density at radius 1 is 0.900 bits per heavy atom. The van der Waals surface area contributed by atoms with Gasteiger partial charge in [-0.1, -0.05) is 36.4 Å². The normalized spacial score (nSPS) is 10.8. The molecule has 5 heteroatoms. The quantitative estimate of drug-likeness (QED) is 0.412. The minimum absolute atomic E-state index is 0.0189. The number of hydrogen-bond acceptors (Lipinski definition) is 4. The highest BCUT2D eigenvalue weighted by Crippen LogP contribution is 2.35. The van der Waals surface area contributed by atoms with Crippen LogP contribution in [0.15, 0.2) is 79.0 Å². The molecule has 0 spiro atoms. The van der Waals surface area contributed by atoms with Gasteiger partial charge >= 0.3 is 0 Å². The highest BCUT2D eigenvalue weighted by Gasteiger charge is 2.12. The Labute approximate surface area is 174 Å². The van der Waals surface area contributed by atoms with Gasteiger partial charge in [-0.2, -0.15) is 0 Å². The molecule has 0 aliphatic rings. The average molecular weight is 398 g/mol. The third-order valence-corrected chi connectivity index (χ3v) is 5.03. The number of aromatic nitrogens is 1. The second-order valence-corrected chi connectivity index (χ2v) is 7.15. The summed E-state index contributed by atoms with van der Waals surface area (Å²) in [5.41, 5.74) is 3.33. The summed E-state index contributed by atoms with van der Waals surface area (Å²) in [7, 11) is 0. The van der Waals surface area contributed by atoms with Crippen molar-refractivity contribution in [1.82, 2.24) is 10.3 Å². The predicted octanol–water partition coefficient (Wildman–Crippen LogP) is 4.68. The van der Waals surface area contributed by atoms with Gasteiger partial charge in [0.05, 0.1) is 0 Å². The first kappa shape index (κ1) is 19.5. The first-order valence-electron chi connectivity index (χ1n) is 9.85.